The molecule has 2 rings (SSSR count). The van der Waals surface area contributed by atoms with Gasteiger partial charge in [-0.25, -0.2) is 9.88 Å². The summed E-state index contributed by atoms with van der Waals surface area (Å²) in [7, 11) is 0. The highest BCUT2D eigenvalue weighted by molar-refractivity contribution is 5.75. The summed E-state index contributed by atoms with van der Waals surface area (Å²) in [5.74, 6) is 0.286. The van der Waals surface area contributed by atoms with Gasteiger partial charge in [0.15, 0.2) is 6.35 Å². The van der Waals surface area contributed by atoms with E-state index in [1.807, 2.05) is 6.92 Å². The molecule has 0 saturated carbocycles. The van der Waals surface area contributed by atoms with Crippen LogP contribution in [0.4, 0.5) is 0 Å². The summed E-state index contributed by atoms with van der Waals surface area (Å²) in [6.45, 7) is 6.13. The molecule has 2 aromatic rings. The number of nitrogens with zero attached hydrogens (tertiary/aromatic N) is 3. The van der Waals surface area contributed by atoms with Crippen LogP contribution in [0.5, 0.6) is 0 Å². The zero-order chi connectivity index (χ0) is 18.1. The molecule has 0 radical (unpaired) electrons. The molecule has 2 heterocycles. The molecule has 0 spiro atoms. The van der Waals surface area contributed by atoms with Crippen LogP contribution in [0.25, 0.3) is 0 Å². The lowest BCUT2D eigenvalue weighted by atomic mass is 10.2. The van der Waals surface area contributed by atoms with Crippen molar-refractivity contribution in [1.29, 1.82) is 0 Å². The minimum atomic E-state index is -1.06. The van der Waals surface area contributed by atoms with E-state index in [0.717, 1.165) is 12.8 Å². The molecule has 0 bridgehead atoms. The lowest BCUT2D eigenvalue weighted by Crippen LogP contribution is -2.45. The Hall–Kier alpha value is -2.38. The largest absolute Gasteiger partial charge is 0.468 e. The molecule has 25 heavy (non-hydrogen) atoms. The second-order valence-electron chi connectivity index (χ2n) is 5.63. The average Bonchev–Trinajstić information content (AvgIpc) is 3.31. The van der Waals surface area contributed by atoms with Gasteiger partial charge in [0.25, 0.3) is 0 Å². The molecule has 0 aliphatic carbocycles. The maximum Gasteiger partial charge on any atom is 0.323 e. The average molecular weight is 347 g/mol. The van der Waals surface area contributed by atoms with Gasteiger partial charge in [0.05, 0.1) is 25.7 Å². The first-order chi connectivity index (χ1) is 12.2. The molecule has 7 nitrogen and oxygen atoms in total. The van der Waals surface area contributed by atoms with E-state index in [1.165, 1.54) is 10.9 Å². The molecule has 1 N–H and O–H groups in total. The van der Waals surface area contributed by atoms with E-state index in [0.29, 0.717) is 18.8 Å². The standard InChI is InChI=1S/C18H25N3O4/c1-3-5-6-11-25-17(22)16(4-2)21(13-15-8-7-12-24-15)18(23)20-10-9-19-14-20/h3,7-10,12,14,16,18,23H,1,4-6,11,13H2,2H3. The third kappa shape index (κ3) is 5.30. The smallest absolute Gasteiger partial charge is 0.323 e. The summed E-state index contributed by atoms with van der Waals surface area (Å²) in [6.07, 6.45) is 9.02. The number of furan rings is 1. The summed E-state index contributed by atoms with van der Waals surface area (Å²) in [4.78, 5) is 18.1. The highest BCUT2D eigenvalue weighted by Crippen LogP contribution is 2.21. The van der Waals surface area contributed by atoms with Crippen LogP contribution >= 0.6 is 0 Å². The van der Waals surface area contributed by atoms with Gasteiger partial charge in [0.2, 0.25) is 0 Å². The van der Waals surface area contributed by atoms with Crippen molar-refractivity contribution in [3.8, 4) is 0 Å². The van der Waals surface area contributed by atoms with Gasteiger partial charge in [-0.1, -0.05) is 13.0 Å². The Morgan fingerprint density at radius 3 is 3.04 bits per heavy atom. The number of aliphatic hydroxyl groups is 1. The molecule has 7 heteroatoms. The fourth-order valence-electron chi connectivity index (χ4n) is 2.55. The summed E-state index contributed by atoms with van der Waals surface area (Å²) >= 11 is 0. The normalized spacial score (nSPS) is 13.6. The summed E-state index contributed by atoms with van der Waals surface area (Å²) in [5.41, 5.74) is 0. The van der Waals surface area contributed by atoms with E-state index in [9.17, 15) is 9.90 Å². The first-order valence-electron chi connectivity index (χ1n) is 8.38. The topological polar surface area (TPSA) is 80.7 Å². The second kappa shape index (κ2) is 9.80. The van der Waals surface area contributed by atoms with Crippen molar-refractivity contribution in [3.05, 3.63) is 55.5 Å². The minimum absolute atomic E-state index is 0.270. The number of rotatable bonds is 11. The highest BCUT2D eigenvalue weighted by atomic mass is 16.5. The third-order valence-corrected chi connectivity index (χ3v) is 3.86. The Morgan fingerprint density at radius 1 is 1.60 bits per heavy atom. The summed E-state index contributed by atoms with van der Waals surface area (Å²) in [6, 6.07) is 2.97. The number of carbonyl (C=O) groups is 1. The van der Waals surface area contributed by atoms with Gasteiger partial charge in [-0.3, -0.25) is 9.36 Å². The van der Waals surface area contributed by atoms with Gasteiger partial charge >= 0.3 is 5.97 Å². The lowest BCUT2D eigenvalue weighted by Gasteiger charge is -2.33. The maximum absolute atomic E-state index is 12.5. The van der Waals surface area contributed by atoms with E-state index in [1.54, 1.807) is 41.8 Å². The zero-order valence-corrected chi connectivity index (χ0v) is 14.5. The number of ether oxygens (including phenoxy) is 1. The van der Waals surface area contributed by atoms with Crippen molar-refractivity contribution < 1.29 is 19.1 Å². The van der Waals surface area contributed by atoms with Gasteiger partial charge < -0.3 is 14.3 Å². The molecule has 0 aliphatic heterocycles. The number of unbranched alkanes of at least 4 members (excludes halogenated alkanes) is 1. The molecule has 0 fully saturated rings. The number of aliphatic hydroxyl groups excluding tert-OH is 1. The van der Waals surface area contributed by atoms with Crippen LogP contribution in [-0.4, -0.2) is 38.2 Å². The van der Waals surface area contributed by atoms with Crippen LogP contribution < -0.4 is 0 Å². The zero-order valence-electron chi connectivity index (χ0n) is 14.5. The van der Waals surface area contributed by atoms with E-state index >= 15 is 0 Å². The SMILES string of the molecule is C=CCCCOC(=O)C(CC)N(Cc1ccco1)C(O)n1ccnc1. The van der Waals surface area contributed by atoms with E-state index in [2.05, 4.69) is 11.6 Å². The predicted octanol–water partition coefficient (Wildman–Crippen LogP) is 2.71. The van der Waals surface area contributed by atoms with Crippen molar-refractivity contribution >= 4 is 5.97 Å². The summed E-state index contributed by atoms with van der Waals surface area (Å²) < 4.78 is 12.3. The van der Waals surface area contributed by atoms with Gasteiger partial charge in [-0.2, -0.15) is 0 Å². The first kappa shape index (κ1) is 19.0. The van der Waals surface area contributed by atoms with Gasteiger partial charge in [-0.15, -0.1) is 6.58 Å². The number of esters is 1. The third-order valence-electron chi connectivity index (χ3n) is 3.86. The van der Waals surface area contributed by atoms with Crippen molar-refractivity contribution in [2.75, 3.05) is 6.61 Å². The van der Waals surface area contributed by atoms with Gasteiger partial charge in [0.1, 0.15) is 11.8 Å². The first-order valence-corrected chi connectivity index (χ1v) is 8.38. The van der Waals surface area contributed by atoms with Crippen molar-refractivity contribution in [2.45, 2.75) is 45.1 Å². The molecule has 0 amide bonds. The highest BCUT2D eigenvalue weighted by Gasteiger charge is 2.32. The maximum atomic E-state index is 12.5. The Kier molecular flexibility index (Phi) is 7.43. The number of allylic oxidation sites excluding steroid dienone is 1. The molecular formula is C18H25N3O4. The van der Waals surface area contributed by atoms with E-state index < -0.39 is 12.4 Å². The Labute approximate surface area is 147 Å². The van der Waals surface area contributed by atoms with Crippen LogP contribution in [0, 0.1) is 0 Å². The molecule has 2 aromatic heterocycles. The van der Waals surface area contributed by atoms with Crippen molar-refractivity contribution in [1.82, 2.24) is 14.5 Å². The molecule has 136 valence electrons. The predicted molar refractivity (Wildman–Crippen MR) is 92.2 cm³/mol. The Morgan fingerprint density at radius 2 is 2.44 bits per heavy atom. The van der Waals surface area contributed by atoms with Crippen LogP contribution in [0.1, 0.15) is 38.3 Å². The van der Waals surface area contributed by atoms with E-state index in [4.69, 9.17) is 9.15 Å². The second-order valence-corrected chi connectivity index (χ2v) is 5.63. The quantitative estimate of drug-likeness (QED) is 0.291. The van der Waals surface area contributed by atoms with Gasteiger partial charge in [-0.05, 0) is 31.4 Å². The van der Waals surface area contributed by atoms with E-state index in [-0.39, 0.29) is 12.5 Å². The number of hydrogen-bond donors (Lipinski definition) is 1. The Bertz CT molecular complexity index is 625. The molecule has 2 unspecified atom stereocenters. The van der Waals surface area contributed by atoms with Crippen LogP contribution in [0.3, 0.4) is 0 Å². The fourth-order valence-corrected chi connectivity index (χ4v) is 2.55. The van der Waals surface area contributed by atoms with Crippen molar-refractivity contribution in [3.63, 3.8) is 0 Å². The molecular weight excluding hydrogens is 322 g/mol. The fraction of sp³-hybridized carbons (Fsp3) is 0.444. The number of carbonyl (C=O) groups excluding carboxylic acids is 1. The van der Waals surface area contributed by atoms with Crippen LogP contribution in [0.15, 0.2) is 54.2 Å². The van der Waals surface area contributed by atoms with Crippen LogP contribution in [0.2, 0.25) is 0 Å². The Balaban J connectivity index is 2.12. The van der Waals surface area contributed by atoms with Crippen LogP contribution in [-0.2, 0) is 16.1 Å². The number of aromatic nitrogens is 2. The van der Waals surface area contributed by atoms with Crippen molar-refractivity contribution in [2.24, 2.45) is 0 Å². The molecule has 0 aliphatic rings. The number of imidazole rings is 1. The lowest BCUT2D eigenvalue weighted by molar-refractivity contribution is -0.162. The minimum Gasteiger partial charge on any atom is -0.468 e. The monoisotopic (exact) mass is 347 g/mol. The molecule has 2 atom stereocenters. The summed E-state index contributed by atoms with van der Waals surface area (Å²) in [5, 5.41) is 10.7. The number of hydrogen-bond acceptors (Lipinski definition) is 6. The molecule has 0 saturated heterocycles. The van der Waals surface area contributed by atoms with Gasteiger partial charge in [0, 0.05) is 12.4 Å². The molecule has 0 aromatic carbocycles.